The van der Waals surface area contributed by atoms with Gasteiger partial charge in [-0.05, 0) is 60.0 Å². The van der Waals surface area contributed by atoms with Gasteiger partial charge in [-0.15, -0.1) is 10.2 Å². The minimum absolute atomic E-state index is 0. The predicted molar refractivity (Wildman–Crippen MR) is 206 cm³/mol. The number of phenols is 2. The second-order valence-electron chi connectivity index (χ2n) is 11.7. The van der Waals surface area contributed by atoms with Crippen LogP contribution in [0.2, 0.25) is 0 Å². The number of nitro groups is 2. The quantitative estimate of drug-likeness (QED) is 0.0433. The molecule has 0 aromatic heterocycles. The van der Waals surface area contributed by atoms with Crippen molar-refractivity contribution in [1.82, 2.24) is 0 Å². The molecule has 6 aromatic rings. The third kappa shape index (κ3) is 10.1. The molecule has 0 atom stereocenters. The van der Waals surface area contributed by atoms with Gasteiger partial charge in [-0.2, -0.15) is 10.2 Å². The van der Waals surface area contributed by atoms with Gasteiger partial charge in [-0.3, -0.25) is 20.2 Å². The SMILES string of the molecule is CCc1ccc(N=Nc2c(O)c(S(=O)(=O)[O-])cc3ccccc23)cc1[N+](=O)[O-].CCc1ccc(N=Nc2c(O)c(S(=O)(=O)[O-])cc3ccccc23)cc1[N+](=O)[O-].[Ca+2]. The zero-order chi connectivity index (χ0) is 40.9. The first-order valence-electron chi connectivity index (χ1n) is 16.2. The molecule has 0 radical (unpaired) electrons. The molecule has 0 aliphatic carbocycles. The van der Waals surface area contributed by atoms with Crippen LogP contribution in [0.25, 0.3) is 21.5 Å². The third-order valence-corrected chi connectivity index (χ3v) is 9.98. The fraction of sp³-hybridized carbons (Fsp3) is 0.111. The minimum atomic E-state index is -4.95. The zero-order valence-electron chi connectivity index (χ0n) is 29.8. The Hall–Kier alpha value is -5.48. The van der Waals surface area contributed by atoms with E-state index in [0.717, 1.165) is 12.1 Å². The van der Waals surface area contributed by atoms with Crippen molar-refractivity contribution in [3.63, 3.8) is 0 Å². The molecule has 0 aliphatic heterocycles. The van der Waals surface area contributed by atoms with E-state index >= 15 is 0 Å². The Morgan fingerprint density at radius 2 is 0.912 bits per heavy atom. The van der Waals surface area contributed by atoms with Gasteiger partial charge in [0.05, 0.1) is 31.0 Å². The fourth-order valence-corrected chi connectivity index (χ4v) is 6.76. The van der Waals surface area contributed by atoms with Crippen LogP contribution in [0.3, 0.4) is 0 Å². The Bertz CT molecular complexity index is 2640. The van der Waals surface area contributed by atoms with Gasteiger partial charge in [0, 0.05) is 34.0 Å². The number of hydrogen-bond acceptors (Lipinski definition) is 16. The summed E-state index contributed by atoms with van der Waals surface area (Å²) < 4.78 is 68.7. The van der Waals surface area contributed by atoms with E-state index in [0.29, 0.717) is 45.5 Å². The Morgan fingerprint density at radius 3 is 1.23 bits per heavy atom. The van der Waals surface area contributed by atoms with Crippen LogP contribution in [0.5, 0.6) is 11.5 Å². The molecule has 0 bridgehead atoms. The fourth-order valence-electron chi connectivity index (χ4n) is 5.55. The second-order valence-corrected chi connectivity index (χ2v) is 14.4. The van der Waals surface area contributed by atoms with Crippen LogP contribution in [0.1, 0.15) is 25.0 Å². The third-order valence-electron chi connectivity index (χ3n) is 8.28. The number of phenolic OH excluding ortho intramolecular Hbond substituents is 2. The Morgan fingerprint density at radius 1 is 0.561 bits per heavy atom. The Balaban J connectivity index is 0.000000248. The molecule has 0 fully saturated rings. The summed E-state index contributed by atoms with van der Waals surface area (Å²) in [6, 6.07) is 23.5. The summed E-state index contributed by atoms with van der Waals surface area (Å²) >= 11 is 0. The smallest absolute Gasteiger partial charge is 0.744 e. The summed E-state index contributed by atoms with van der Waals surface area (Å²) in [6.07, 6.45) is 0.922. The van der Waals surface area contributed by atoms with Crippen LogP contribution in [0, 0.1) is 20.2 Å². The van der Waals surface area contributed by atoms with Crippen molar-refractivity contribution in [2.75, 3.05) is 0 Å². The molecule has 0 aliphatic rings. The molecule has 6 rings (SSSR count). The number of fused-ring (bicyclic) bond motifs is 2. The van der Waals surface area contributed by atoms with Crippen molar-refractivity contribution in [2.24, 2.45) is 20.5 Å². The molecule has 0 heterocycles. The maximum Gasteiger partial charge on any atom is 2.00 e. The number of azo groups is 2. The van der Waals surface area contributed by atoms with Crippen LogP contribution in [0.4, 0.5) is 34.1 Å². The maximum absolute atomic E-state index is 11.5. The average Bonchev–Trinajstić information content (AvgIpc) is 3.15. The molecule has 6 aromatic carbocycles. The van der Waals surface area contributed by atoms with Crippen molar-refractivity contribution >= 4 is 114 Å². The van der Waals surface area contributed by atoms with Gasteiger partial charge in [-0.1, -0.05) is 62.4 Å². The van der Waals surface area contributed by atoms with Crippen LogP contribution < -0.4 is 0 Å². The van der Waals surface area contributed by atoms with Crippen LogP contribution in [-0.2, 0) is 33.1 Å². The monoisotopic (exact) mass is 840 g/mol. The van der Waals surface area contributed by atoms with Gasteiger partial charge in [0.2, 0.25) is 0 Å². The average molecular weight is 841 g/mol. The Kier molecular flexibility index (Phi) is 14.1. The topological polar surface area (TPSA) is 291 Å². The number of rotatable bonds is 10. The molecule has 0 saturated carbocycles. The van der Waals surface area contributed by atoms with E-state index in [1.54, 1.807) is 74.5 Å². The number of aromatic hydroxyl groups is 2. The molecule has 0 amide bonds. The Labute approximate surface area is 354 Å². The number of aryl methyl sites for hydroxylation is 2. The van der Waals surface area contributed by atoms with Crippen LogP contribution in [-0.4, -0.2) is 83.7 Å². The largest absolute Gasteiger partial charge is 2.00 e. The summed E-state index contributed by atoms with van der Waals surface area (Å²) in [5.41, 5.74) is 0.663. The van der Waals surface area contributed by atoms with E-state index in [1.165, 1.54) is 24.3 Å². The number of nitro benzene ring substituents is 2. The summed E-state index contributed by atoms with van der Waals surface area (Å²) in [4.78, 5) is 19.7. The van der Waals surface area contributed by atoms with Crippen molar-refractivity contribution < 1.29 is 46.0 Å². The normalized spacial score (nSPS) is 11.7. The standard InChI is InChI=1S/2C18H15N3O6S.Ca/c2*1-2-11-7-8-13(10-15(11)21(23)24)19-20-17-14-6-4-3-5-12(14)9-16(18(17)22)28(25,26)27;/h2*3-10,22H,2H2,1H3,(H,25,26,27);/q;;+2/p-2. The number of nitrogens with zero attached hydrogens (tertiary/aromatic N) is 6. The zero-order valence-corrected chi connectivity index (χ0v) is 33.7. The van der Waals surface area contributed by atoms with Crippen molar-refractivity contribution in [2.45, 2.75) is 36.5 Å². The summed E-state index contributed by atoms with van der Waals surface area (Å²) in [5, 5.41) is 60.0. The van der Waals surface area contributed by atoms with E-state index in [-0.39, 0.29) is 71.9 Å². The van der Waals surface area contributed by atoms with Gasteiger partial charge in [0.1, 0.15) is 31.6 Å². The van der Waals surface area contributed by atoms with Gasteiger partial charge in [0.15, 0.2) is 11.5 Å². The summed E-state index contributed by atoms with van der Waals surface area (Å²) in [7, 11) is -9.90. The van der Waals surface area contributed by atoms with Crippen LogP contribution >= 0.6 is 0 Å². The molecule has 2 N–H and O–H groups in total. The molecule has 0 spiro atoms. The van der Waals surface area contributed by atoms with Crippen molar-refractivity contribution in [3.05, 3.63) is 128 Å². The van der Waals surface area contributed by atoms with E-state index in [1.807, 2.05) is 0 Å². The predicted octanol–water partition coefficient (Wildman–Crippen LogP) is 8.29. The minimum Gasteiger partial charge on any atom is -0.744 e. The number of benzene rings is 6. The van der Waals surface area contributed by atoms with E-state index in [2.05, 4.69) is 20.5 Å². The molecule has 57 heavy (non-hydrogen) atoms. The number of hydrogen-bond donors (Lipinski definition) is 2. The molecule has 0 saturated heterocycles. The van der Waals surface area contributed by atoms with Gasteiger partial charge in [-0.25, -0.2) is 16.8 Å². The summed E-state index contributed by atoms with van der Waals surface area (Å²) in [6.45, 7) is 3.56. The van der Waals surface area contributed by atoms with E-state index in [9.17, 15) is 56.4 Å². The van der Waals surface area contributed by atoms with Gasteiger partial charge >= 0.3 is 37.7 Å². The van der Waals surface area contributed by atoms with Gasteiger partial charge < -0.3 is 19.3 Å². The maximum atomic E-state index is 11.5. The molecule has 21 heteroatoms. The van der Waals surface area contributed by atoms with Crippen molar-refractivity contribution in [1.29, 1.82) is 0 Å². The summed E-state index contributed by atoms with van der Waals surface area (Å²) in [5.74, 6) is -1.64. The molecular formula is C36H28CaN6O12S2. The molecule has 288 valence electrons. The van der Waals surface area contributed by atoms with Gasteiger partial charge in [0.25, 0.3) is 11.4 Å². The second kappa shape index (κ2) is 18.2. The first-order valence-corrected chi connectivity index (χ1v) is 19.1. The first kappa shape index (κ1) is 44.2. The van der Waals surface area contributed by atoms with Crippen LogP contribution in [0.15, 0.2) is 127 Å². The van der Waals surface area contributed by atoms with Crippen molar-refractivity contribution in [3.8, 4) is 11.5 Å². The first-order chi connectivity index (χ1) is 26.4. The molecule has 0 unspecified atom stereocenters. The van der Waals surface area contributed by atoms with E-state index in [4.69, 9.17) is 0 Å². The molecular weight excluding hydrogens is 813 g/mol. The molecule has 18 nitrogen and oxygen atoms in total. The van der Waals surface area contributed by atoms with E-state index < -0.39 is 51.4 Å².